The maximum Gasteiger partial charge on any atom is 0.289 e. The Morgan fingerprint density at radius 2 is 1.90 bits per heavy atom. The highest BCUT2D eigenvalue weighted by Gasteiger charge is 2.25. The molecule has 0 N–H and O–H groups in total. The fraction of sp³-hybridized carbons (Fsp3) is 0.333. The van der Waals surface area contributed by atoms with E-state index in [0.29, 0.717) is 36.1 Å². The second kappa shape index (κ2) is 8.57. The molecule has 1 aliphatic rings. The minimum absolute atomic E-state index is 0.0940. The van der Waals surface area contributed by atoms with Gasteiger partial charge in [0.15, 0.2) is 22.4 Å². The quantitative estimate of drug-likeness (QED) is 0.615. The molecule has 7 nitrogen and oxygen atoms in total. The Kier molecular flexibility index (Phi) is 5.71. The number of carbonyl (C=O) groups excluding carboxylic acids is 1. The highest BCUT2D eigenvalue weighted by atomic mass is 32.1. The van der Waals surface area contributed by atoms with Crippen LogP contribution in [0.3, 0.4) is 0 Å². The molecule has 3 aromatic rings. The maximum absolute atomic E-state index is 12.8. The van der Waals surface area contributed by atoms with E-state index in [0.717, 1.165) is 23.9 Å². The number of piperazine rings is 1. The van der Waals surface area contributed by atoms with Crippen molar-refractivity contribution in [3.8, 4) is 11.5 Å². The van der Waals surface area contributed by atoms with Gasteiger partial charge in [-0.05, 0) is 31.2 Å². The van der Waals surface area contributed by atoms with Gasteiger partial charge in [0.1, 0.15) is 12.4 Å². The fourth-order valence-corrected chi connectivity index (χ4v) is 4.06. The molecule has 1 amide bonds. The number of aryl methyl sites for hydroxylation is 1. The Morgan fingerprint density at radius 3 is 2.59 bits per heavy atom. The molecule has 0 spiro atoms. The SMILES string of the molecule is COc1ccccc1OCc1ccc(C(=O)N2CCN(c3nc(C)cs3)CC2)o1. The lowest BCUT2D eigenvalue weighted by atomic mass is 10.3. The largest absolute Gasteiger partial charge is 0.493 e. The van der Waals surface area contributed by atoms with Crippen molar-refractivity contribution >= 4 is 22.4 Å². The molecule has 0 radical (unpaired) electrons. The predicted octanol–water partition coefficient (Wildman–Crippen LogP) is 3.59. The topological polar surface area (TPSA) is 68.0 Å². The van der Waals surface area contributed by atoms with E-state index in [-0.39, 0.29) is 12.5 Å². The van der Waals surface area contributed by atoms with Crippen LogP contribution < -0.4 is 14.4 Å². The van der Waals surface area contributed by atoms with Crippen molar-refractivity contribution < 1.29 is 18.7 Å². The van der Waals surface area contributed by atoms with Gasteiger partial charge in [0.05, 0.1) is 12.8 Å². The van der Waals surface area contributed by atoms with Crippen molar-refractivity contribution in [1.82, 2.24) is 9.88 Å². The Labute approximate surface area is 173 Å². The van der Waals surface area contributed by atoms with Gasteiger partial charge in [-0.25, -0.2) is 4.98 Å². The molecule has 1 aliphatic heterocycles. The number of amides is 1. The summed E-state index contributed by atoms with van der Waals surface area (Å²) in [5.41, 5.74) is 1.03. The van der Waals surface area contributed by atoms with Crippen molar-refractivity contribution in [2.75, 3.05) is 38.2 Å². The molecule has 0 bridgehead atoms. The van der Waals surface area contributed by atoms with E-state index < -0.39 is 0 Å². The van der Waals surface area contributed by atoms with Gasteiger partial charge in [0.25, 0.3) is 5.91 Å². The average molecular weight is 413 g/mol. The van der Waals surface area contributed by atoms with Crippen molar-refractivity contribution in [2.24, 2.45) is 0 Å². The molecular formula is C21H23N3O4S. The van der Waals surface area contributed by atoms with Crippen LogP contribution in [0.5, 0.6) is 11.5 Å². The van der Waals surface area contributed by atoms with E-state index in [1.807, 2.05) is 41.5 Å². The third kappa shape index (κ3) is 4.37. The third-order valence-corrected chi connectivity index (χ3v) is 5.77. The van der Waals surface area contributed by atoms with E-state index in [1.54, 1.807) is 30.6 Å². The average Bonchev–Trinajstić information content (AvgIpc) is 3.41. The normalized spacial score (nSPS) is 14.1. The lowest BCUT2D eigenvalue weighted by Crippen LogP contribution is -2.48. The van der Waals surface area contributed by atoms with Crippen molar-refractivity contribution in [3.63, 3.8) is 0 Å². The van der Waals surface area contributed by atoms with Crippen LogP contribution in [-0.4, -0.2) is 49.1 Å². The van der Waals surface area contributed by atoms with Crippen molar-refractivity contribution in [1.29, 1.82) is 0 Å². The van der Waals surface area contributed by atoms with E-state index in [9.17, 15) is 4.79 Å². The number of benzene rings is 1. The summed E-state index contributed by atoms with van der Waals surface area (Å²) in [6.45, 7) is 5.04. The summed E-state index contributed by atoms with van der Waals surface area (Å²) in [6.07, 6.45) is 0. The molecule has 2 aromatic heterocycles. The molecule has 152 valence electrons. The number of para-hydroxylation sites is 2. The smallest absolute Gasteiger partial charge is 0.289 e. The number of aromatic nitrogens is 1. The molecule has 0 atom stereocenters. The summed E-state index contributed by atoms with van der Waals surface area (Å²) in [5.74, 6) is 2.12. The molecule has 29 heavy (non-hydrogen) atoms. The van der Waals surface area contributed by atoms with Gasteiger partial charge >= 0.3 is 0 Å². The van der Waals surface area contributed by atoms with Crippen LogP contribution in [0.1, 0.15) is 22.0 Å². The number of nitrogens with zero attached hydrogens (tertiary/aromatic N) is 3. The number of ether oxygens (including phenoxy) is 2. The standard InChI is InChI=1S/C21H23N3O4S/c1-15-14-29-21(22-15)24-11-9-23(10-12-24)20(25)19-8-7-16(28-19)13-27-18-6-4-3-5-17(18)26-2/h3-8,14H,9-13H2,1-2H3. The number of anilines is 1. The van der Waals surface area contributed by atoms with Gasteiger partial charge in [-0.3, -0.25) is 4.79 Å². The fourth-order valence-electron chi connectivity index (χ4n) is 3.20. The highest BCUT2D eigenvalue weighted by molar-refractivity contribution is 7.13. The lowest BCUT2D eigenvalue weighted by Gasteiger charge is -2.34. The van der Waals surface area contributed by atoms with Crippen LogP contribution >= 0.6 is 11.3 Å². The van der Waals surface area contributed by atoms with Crippen molar-refractivity contribution in [2.45, 2.75) is 13.5 Å². The molecule has 1 saturated heterocycles. The molecule has 8 heteroatoms. The Bertz CT molecular complexity index is 976. The minimum atomic E-state index is -0.0940. The van der Waals surface area contributed by atoms with Crippen LogP contribution in [0.15, 0.2) is 46.2 Å². The zero-order chi connectivity index (χ0) is 20.2. The Morgan fingerprint density at radius 1 is 1.14 bits per heavy atom. The molecule has 0 saturated carbocycles. The van der Waals surface area contributed by atoms with Crippen LogP contribution in [0, 0.1) is 6.92 Å². The first kappa shape index (κ1) is 19.3. The van der Waals surface area contributed by atoms with Gasteiger partial charge in [-0.1, -0.05) is 12.1 Å². The van der Waals surface area contributed by atoms with E-state index >= 15 is 0 Å². The second-order valence-electron chi connectivity index (χ2n) is 6.76. The first-order chi connectivity index (χ1) is 14.1. The van der Waals surface area contributed by atoms with Gasteiger partial charge in [0, 0.05) is 31.6 Å². The monoisotopic (exact) mass is 413 g/mol. The maximum atomic E-state index is 12.8. The van der Waals surface area contributed by atoms with Gasteiger partial charge in [-0.2, -0.15) is 0 Å². The van der Waals surface area contributed by atoms with E-state index in [4.69, 9.17) is 13.9 Å². The summed E-state index contributed by atoms with van der Waals surface area (Å²) in [4.78, 5) is 21.3. The number of thiazole rings is 1. The Balaban J connectivity index is 1.33. The molecule has 3 heterocycles. The van der Waals surface area contributed by atoms with Crippen LogP contribution in [0.2, 0.25) is 0 Å². The Hall–Kier alpha value is -3.00. The van der Waals surface area contributed by atoms with E-state index in [2.05, 4.69) is 9.88 Å². The minimum Gasteiger partial charge on any atom is -0.493 e. The first-order valence-corrected chi connectivity index (χ1v) is 10.3. The molecule has 4 rings (SSSR count). The zero-order valence-corrected chi connectivity index (χ0v) is 17.3. The molecule has 0 unspecified atom stereocenters. The lowest BCUT2D eigenvalue weighted by molar-refractivity contribution is 0.0710. The number of carbonyl (C=O) groups is 1. The highest BCUT2D eigenvalue weighted by Crippen LogP contribution is 2.27. The summed E-state index contributed by atoms with van der Waals surface area (Å²) >= 11 is 1.64. The number of methoxy groups -OCH3 is 1. The molecular weight excluding hydrogens is 390 g/mol. The number of hydrogen-bond donors (Lipinski definition) is 0. The summed E-state index contributed by atoms with van der Waals surface area (Å²) < 4.78 is 16.8. The predicted molar refractivity (Wildman–Crippen MR) is 111 cm³/mol. The molecule has 1 aromatic carbocycles. The zero-order valence-electron chi connectivity index (χ0n) is 16.5. The van der Waals surface area contributed by atoms with Gasteiger partial charge in [-0.15, -0.1) is 11.3 Å². The number of rotatable bonds is 6. The van der Waals surface area contributed by atoms with Crippen LogP contribution in [0.25, 0.3) is 0 Å². The first-order valence-electron chi connectivity index (χ1n) is 9.45. The van der Waals surface area contributed by atoms with Gasteiger partial charge < -0.3 is 23.7 Å². The van der Waals surface area contributed by atoms with Crippen LogP contribution in [-0.2, 0) is 6.61 Å². The molecule has 1 fully saturated rings. The summed E-state index contributed by atoms with van der Waals surface area (Å²) in [5, 5.41) is 3.06. The van der Waals surface area contributed by atoms with Crippen molar-refractivity contribution in [3.05, 3.63) is 59.0 Å². The summed E-state index contributed by atoms with van der Waals surface area (Å²) in [7, 11) is 1.60. The number of furan rings is 1. The van der Waals surface area contributed by atoms with Crippen LogP contribution in [0.4, 0.5) is 5.13 Å². The van der Waals surface area contributed by atoms with E-state index in [1.165, 1.54) is 0 Å². The summed E-state index contributed by atoms with van der Waals surface area (Å²) in [6, 6.07) is 10.9. The molecule has 0 aliphatic carbocycles. The van der Waals surface area contributed by atoms with Gasteiger partial charge in [0.2, 0.25) is 0 Å². The number of hydrogen-bond acceptors (Lipinski definition) is 7. The third-order valence-electron chi connectivity index (χ3n) is 4.76. The second-order valence-corrected chi connectivity index (χ2v) is 7.59.